The predicted molar refractivity (Wildman–Crippen MR) is 153 cm³/mol. The van der Waals surface area contributed by atoms with Crippen LogP contribution in [0.3, 0.4) is 0 Å². The molecule has 0 radical (unpaired) electrons. The fourth-order valence-electron chi connectivity index (χ4n) is 4.84. The molecule has 40 heavy (non-hydrogen) atoms. The summed E-state index contributed by atoms with van der Waals surface area (Å²) in [6.07, 6.45) is 3.20. The van der Waals surface area contributed by atoms with Gasteiger partial charge >= 0.3 is 0 Å². The van der Waals surface area contributed by atoms with Crippen molar-refractivity contribution in [3.8, 4) is 0 Å². The standard InChI is InChI=1S/C31H31FN2O5S/c1-20(18-38-19-22-6-4-3-5-7-22)17-34(40(2,36)37)27-16-28-26(15-25(27)23-10-11-23)30(31(33)35)29(39-28)14-21-8-12-24(32)13-9-21/h3-9,12-13,15-16,23H,1,10-11,14,17-19H2,2H3,(H2,33,35). The number of hydrogen-bond donors (Lipinski definition) is 1. The fourth-order valence-corrected chi connectivity index (χ4v) is 5.77. The van der Waals surface area contributed by atoms with Crippen molar-refractivity contribution in [3.63, 3.8) is 0 Å². The van der Waals surface area contributed by atoms with Crippen LogP contribution in [0.15, 0.2) is 83.3 Å². The van der Waals surface area contributed by atoms with E-state index in [1.807, 2.05) is 36.4 Å². The molecule has 1 fully saturated rings. The van der Waals surface area contributed by atoms with Crippen LogP contribution in [0.5, 0.6) is 0 Å². The van der Waals surface area contributed by atoms with Gasteiger partial charge in [0.1, 0.15) is 17.2 Å². The fraction of sp³-hybridized carbons (Fsp3) is 0.258. The molecule has 0 spiro atoms. The number of halogens is 1. The van der Waals surface area contributed by atoms with Crippen molar-refractivity contribution < 1.29 is 26.8 Å². The highest BCUT2D eigenvalue weighted by molar-refractivity contribution is 7.92. The molecular weight excluding hydrogens is 531 g/mol. The highest BCUT2D eigenvalue weighted by Gasteiger charge is 2.33. The SMILES string of the molecule is C=C(COCc1ccccc1)CN(c1cc2oc(Cc3ccc(F)cc3)c(C(N)=O)c2cc1C1CC1)S(C)(=O)=O. The molecule has 2 N–H and O–H groups in total. The lowest BCUT2D eigenvalue weighted by atomic mass is 10.0. The topological polar surface area (TPSA) is 103 Å². The number of benzene rings is 3. The lowest BCUT2D eigenvalue weighted by molar-refractivity contribution is 0.1000. The van der Waals surface area contributed by atoms with E-state index in [4.69, 9.17) is 14.9 Å². The van der Waals surface area contributed by atoms with Crippen LogP contribution in [-0.2, 0) is 27.8 Å². The molecule has 1 aliphatic carbocycles. The zero-order chi connectivity index (χ0) is 28.4. The number of sulfonamides is 1. The van der Waals surface area contributed by atoms with Gasteiger partial charge in [-0.15, -0.1) is 0 Å². The van der Waals surface area contributed by atoms with E-state index in [2.05, 4.69) is 6.58 Å². The minimum Gasteiger partial charge on any atom is -0.460 e. The molecule has 3 aromatic carbocycles. The number of nitrogens with zero attached hydrogens (tertiary/aromatic N) is 1. The number of rotatable bonds is 12. The normalized spacial score (nSPS) is 13.4. The monoisotopic (exact) mass is 562 g/mol. The largest absolute Gasteiger partial charge is 0.460 e. The molecule has 7 nitrogen and oxygen atoms in total. The van der Waals surface area contributed by atoms with Crippen LogP contribution in [0.1, 0.15) is 51.6 Å². The number of hydrogen-bond acceptors (Lipinski definition) is 5. The van der Waals surface area contributed by atoms with Crippen molar-refractivity contribution in [2.75, 3.05) is 23.7 Å². The molecule has 0 aliphatic heterocycles. The molecule has 5 rings (SSSR count). The Bertz CT molecular complexity index is 1660. The second kappa shape index (κ2) is 11.3. The first-order valence-electron chi connectivity index (χ1n) is 13.0. The number of ether oxygens (including phenoxy) is 1. The zero-order valence-electron chi connectivity index (χ0n) is 22.2. The maximum Gasteiger partial charge on any atom is 0.252 e. The Morgan fingerprint density at radius 3 is 2.42 bits per heavy atom. The van der Waals surface area contributed by atoms with Crippen molar-refractivity contribution in [2.45, 2.75) is 31.8 Å². The number of anilines is 1. The number of furan rings is 1. The molecule has 1 amide bonds. The van der Waals surface area contributed by atoms with E-state index in [1.165, 1.54) is 16.4 Å². The summed E-state index contributed by atoms with van der Waals surface area (Å²) in [7, 11) is -3.71. The number of amides is 1. The number of fused-ring (bicyclic) bond motifs is 1. The first-order valence-corrected chi connectivity index (χ1v) is 14.8. The summed E-state index contributed by atoms with van der Waals surface area (Å²) in [5, 5.41) is 0.536. The van der Waals surface area contributed by atoms with Gasteiger partial charge in [-0.1, -0.05) is 49.0 Å². The summed E-state index contributed by atoms with van der Waals surface area (Å²) in [6, 6.07) is 19.1. The van der Waals surface area contributed by atoms with Gasteiger partial charge in [-0.05, 0) is 59.2 Å². The second-order valence-corrected chi connectivity index (χ2v) is 12.2. The molecule has 9 heteroatoms. The summed E-state index contributed by atoms with van der Waals surface area (Å²) in [4.78, 5) is 12.5. The molecule has 0 atom stereocenters. The Morgan fingerprint density at radius 2 is 1.80 bits per heavy atom. The van der Waals surface area contributed by atoms with Gasteiger partial charge in [0.05, 0.1) is 37.3 Å². The van der Waals surface area contributed by atoms with Gasteiger partial charge in [0.25, 0.3) is 5.91 Å². The Hall–Kier alpha value is -3.95. The van der Waals surface area contributed by atoms with Crippen LogP contribution in [-0.4, -0.2) is 33.7 Å². The number of carbonyl (C=O) groups is 1. The second-order valence-electron chi connectivity index (χ2n) is 10.2. The first kappa shape index (κ1) is 27.6. The number of primary amides is 1. The van der Waals surface area contributed by atoms with E-state index in [-0.39, 0.29) is 36.9 Å². The van der Waals surface area contributed by atoms with Gasteiger partial charge in [0.15, 0.2) is 0 Å². The third kappa shape index (κ3) is 6.26. The third-order valence-corrected chi connectivity index (χ3v) is 8.03. The van der Waals surface area contributed by atoms with Crippen LogP contribution in [0.2, 0.25) is 0 Å². The van der Waals surface area contributed by atoms with Gasteiger partial charge in [-0.3, -0.25) is 9.10 Å². The summed E-state index contributed by atoms with van der Waals surface area (Å²) in [5.74, 6) is -0.510. The molecule has 0 bridgehead atoms. The van der Waals surface area contributed by atoms with E-state index < -0.39 is 15.9 Å². The van der Waals surface area contributed by atoms with Crippen molar-refractivity contribution in [2.24, 2.45) is 5.73 Å². The minimum absolute atomic E-state index is 0.0324. The molecule has 4 aromatic rings. The van der Waals surface area contributed by atoms with Gasteiger partial charge in [0, 0.05) is 17.9 Å². The molecule has 1 heterocycles. The van der Waals surface area contributed by atoms with Crippen molar-refractivity contribution in [3.05, 3.63) is 113 Å². The van der Waals surface area contributed by atoms with E-state index in [9.17, 15) is 17.6 Å². The van der Waals surface area contributed by atoms with E-state index >= 15 is 0 Å². The average molecular weight is 563 g/mol. The van der Waals surface area contributed by atoms with E-state index in [0.717, 1.165) is 35.8 Å². The van der Waals surface area contributed by atoms with Gasteiger partial charge in [0.2, 0.25) is 10.0 Å². The molecule has 1 aromatic heterocycles. The average Bonchev–Trinajstić information content (AvgIpc) is 3.69. The summed E-state index contributed by atoms with van der Waals surface area (Å²) >= 11 is 0. The third-order valence-electron chi connectivity index (χ3n) is 6.91. The van der Waals surface area contributed by atoms with Gasteiger partial charge in [-0.2, -0.15) is 0 Å². The number of carbonyl (C=O) groups excluding carboxylic acids is 1. The Balaban J connectivity index is 1.48. The summed E-state index contributed by atoms with van der Waals surface area (Å²) < 4.78 is 52.7. The minimum atomic E-state index is -3.71. The van der Waals surface area contributed by atoms with Gasteiger partial charge in [-0.25, -0.2) is 12.8 Å². The molecule has 1 aliphatic rings. The summed E-state index contributed by atoms with van der Waals surface area (Å²) in [6.45, 7) is 4.68. The highest BCUT2D eigenvalue weighted by Crippen LogP contribution is 2.47. The lowest BCUT2D eigenvalue weighted by Gasteiger charge is -2.26. The molecule has 0 unspecified atom stereocenters. The predicted octanol–water partition coefficient (Wildman–Crippen LogP) is 5.68. The van der Waals surface area contributed by atoms with Crippen LogP contribution in [0, 0.1) is 5.82 Å². The van der Waals surface area contributed by atoms with Crippen LogP contribution >= 0.6 is 0 Å². The van der Waals surface area contributed by atoms with Crippen molar-refractivity contribution >= 4 is 32.6 Å². The van der Waals surface area contributed by atoms with E-state index in [0.29, 0.717) is 34.6 Å². The van der Waals surface area contributed by atoms with Crippen LogP contribution in [0.4, 0.5) is 10.1 Å². The number of nitrogens with two attached hydrogens (primary N) is 1. The Morgan fingerprint density at radius 1 is 1.10 bits per heavy atom. The highest BCUT2D eigenvalue weighted by atomic mass is 32.2. The maximum absolute atomic E-state index is 13.4. The lowest BCUT2D eigenvalue weighted by Crippen LogP contribution is -2.33. The first-order chi connectivity index (χ1) is 19.1. The van der Waals surface area contributed by atoms with E-state index in [1.54, 1.807) is 18.2 Å². The maximum atomic E-state index is 13.4. The quantitative estimate of drug-likeness (QED) is 0.224. The van der Waals surface area contributed by atoms with Crippen LogP contribution in [0.25, 0.3) is 11.0 Å². The summed E-state index contributed by atoms with van der Waals surface area (Å²) in [5.41, 5.74) is 10.0. The molecule has 0 saturated heterocycles. The smallest absolute Gasteiger partial charge is 0.252 e. The van der Waals surface area contributed by atoms with Crippen molar-refractivity contribution in [1.82, 2.24) is 0 Å². The van der Waals surface area contributed by atoms with Crippen LogP contribution < -0.4 is 10.0 Å². The van der Waals surface area contributed by atoms with Gasteiger partial charge < -0.3 is 14.9 Å². The molecular formula is C31H31FN2O5S. The Labute approximate surface area is 233 Å². The molecule has 208 valence electrons. The molecule has 1 saturated carbocycles. The Kier molecular flexibility index (Phi) is 7.78. The van der Waals surface area contributed by atoms with Crippen molar-refractivity contribution in [1.29, 1.82) is 0 Å². The zero-order valence-corrected chi connectivity index (χ0v) is 23.0.